The molecule has 1 aliphatic rings. The summed E-state index contributed by atoms with van der Waals surface area (Å²) in [5.41, 5.74) is 0.846. The molecular weight excluding hydrogens is 246 g/mol. The third-order valence-corrected chi connectivity index (χ3v) is 3.12. The highest BCUT2D eigenvalue weighted by Gasteiger charge is 2.26. The lowest BCUT2D eigenvalue weighted by molar-refractivity contribution is -0.0730. The van der Waals surface area contributed by atoms with Gasteiger partial charge in [-0.05, 0) is 26.8 Å². The maximum absolute atomic E-state index is 11.0. The number of aryl methyl sites for hydroxylation is 1. The Hall–Kier alpha value is -1.62. The van der Waals surface area contributed by atoms with Crippen LogP contribution in [-0.2, 0) is 4.74 Å². The average molecular weight is 265 g/mol. The van der Waals surface area contributed by atoms with E-state index in [1.165, 1.54) is 12.1 Å². The minimum absolute atomic E-state index is 0.0229. The van der Waals surface area contributed by atoms with Gasteiger partial charge in [0.25, 0.3) is 0 Å². The molecule has 1 fully saturated rings. The van der Waals surface area contributed by atoms with Gasteiger partial charge >= 0.3 is 5.97 Å². The van der Waals surface area contributed by atoms with Crippen LogP contribution in [0.1, 0.15) is 42.7 Å². The molecular formula is C14H19NO4. The number of pyridine rings is 1. The third-order valence-electron chi connectivity index (χ3n) is 3.12. The standard InChI is InChI=1S/C14H19NO4/c1-8-4-11(14(16)17)7-13(15-8)19-12-5-9(2)18-10(3)6-12/h4,7,9-10,12H,5-6H2,1-3H3,(H,16,17). The Morgan fingerprint density at radius 1 is 1.37 bits per heavy atom. The van der Waals surface area contributed by atoms with Crippen molar-refractivity contribution < 1.29 is 19.4 Å². The van der Waals surface area contributed by atoms with Gasteiger partial charge in [-0.3, -0.25) is 0 Å². The van der Waals surface area contributed by atoms with Crippen molar-refractivity contribution in [3.05, 3.63) is 23.4 Å². The molecule has 0 aliphatic carbocycles. The zero-order valence-electron chi connectivity index (χ0n) is 11.4. The van der Waals surface area contributed by atoms with E-state index in [0.717, 1.165) is 12.8 Å². The molecule has 1 N–H and O–H groups in total. The molecule has 5 nitrogen and oxygen atoms in total. The highest BCUT2D eigenvalue weighted by Crippen LogP contribution is 2.24. The predicted octanol–water partition coefficient (Wildman–Crippen LogP) is 2.42. The second-order valence-corrected chi connectivity index (χ2v) is 5.11. The van der Waals surface area contributed by atoms with Crippen LogP contribution in [0.2, 0.25) is 0 Å². The molecule has 19 heavy (non-hydrogen) atoms. The van der Waals surface area contributed by atoms with Crippen LogP contribution in [0.5, 0.6) is 5.88 Å². The molecule has 2 unspecified atom stereocenters. The normalized spacial score (nSPS) is 27.0. The molecule has 2 heterocycles. The number of carboxylic acid groups (broad SMARTS) is 1. The van der Waals surface area contributed by atoms with Crippen molar-refractivity contribution in [3.8, 4) is 5.88 Å². The van der Waals surface area contributed by atoms with Crippen molar-refractivity contribution in [1.29, 1.82) is 0 Å². The average Bonchev–Trinajstić information content (AvgIpc) is 2.26. The van der Waals surface area contributed by atoms with Crippen LogP contribution in [-0.4, -0.2) is 34.4 Å². The van der Waals surface area contributed by atoms with E-state index >= 15 is 0 Å². The second kappa shape index (κ2) is 5.57. The van der Waals surface area contributed by atoms with Crippen molar-refractivity contribution in [2.45, 2.75) is 51.9 Å². The number of carbonyl (C=O) groups is 1. The number of rotatable bonds is 3. The first-order valence-electron chi connectivity index (χ1n) is 6.48. The minimum atomic E-state index is -0.968. The summed E-state index contributed by atoms with van der Waals surface area (Å²) in [6.07, 6.45) is 1.91. The van der Waals surface area contributed by atoms with Crippen LogP contribution in [0.15, 0.2) is 12.1 Å². The zero-order valence-corrected chi connectivity index (χ0v) is 11.4. The van der Waals surface area contributed by atoms with Crippen molar-refractivity contribution >= 4 is 5.97 Å². The monoisotopic (exact) mass is 265 g/mol. The van der Waals surface area contributed by atoms with Gasteiger partial charge in [0.15, 0.2) is 0 Å². The van der Waals surface area contributed by atoms with E-state index in [9.17, 15) is 4.79 Å². The van der Waals surface area contributed by atoms with Crippen molar-refractivity contribution in [3.63, 3.8) is 0 Å². The largest absolute Gasteiger partial charge is 0.478 e. The van der Waals surface area contributed by atoms with Crippen LogP contribution < -0.4 is 4.74 Å². The summed E-state index contributed by atoms with van der Waals surface area (Å²) < 4.78 is 11.5. The van der Waals surface area contributed by atoms with Gasteiger partial charge in [-0.1, -0.05) is 0 Å². The lowest BCUT2D eigenvalue weighted by Gasteiger charge is -2.32. The highest BCUT2D eigenvalue weighted by molar-refractivity contribution is 5.87. The Bertz CT molecular complexity index is 465. The summed E-state index contributed by atoms with van der Waals surface area (Å²) in [7, 11) is 0. The molecule has 1 aromatic heterocycles. The van der Waals surface area contributed by atoms with Gasteiger partial charge in [-0.2, -0.15) is 0 Å². The van der Waals surface area contributed by atoms with Crippen LogP contribution in [0.4, 0.5) is 0 Å². The Balaban J connectivity index is 2.12. The van der Waals surface area contributed by atoms with E-state index in [1.54, 1.807) is 6.92 Å². The summed E-state index contributed by atoms with van der Waals surface area (Å²) in [6.45, 7) is 5.78. The molecule has 0 amide bonds. The highest BCUT2D eigenvalue weighted by atomic mass is 16.5. The molecule has 1 aromatic rings. The van der Waals surface area contributed by atoms with Crippen LogP contribution in [0, 0.1) is 6.92 Å². The molecule has 2 rings (SSSR count). The number of aromatic nitrogens is 1. The summed E-state index contributed by atoms with van der Waals surface area (Å²) in [4.78, 5) is 15.2. The Kier molecular flexibility index (Phi) is 4.04. The van der Waals surface area contributed by atoms with E-state index in [0.29, 0.717) is 11.6 Å². The molecule has 0 saturated carbocycles. The number of hydrogen-bond donors (Lipinski definition) is 1. The fourth-order valence-corrected chi connectivity index (χ4v) is 2.43. The van der Waals surface area contributed by atoms with E-state index in [1.807, 2.05) is 13.8 Å². The molecule has 1 saturated heterocycles. The summed E-state index contributed by atoms with van der Waals surface area (Å²) >= 11 is 0. The predicted molar refractivity (Wildman–Crippen MR) is 69.6 cm³/mol. The first kappa shape index (κ1) is 13.8. The molecule has 0 spiro atoms. The molecule has 0 aromatic carbocycles. The van der Waals surface area contributed by atoms with Gasteiger partial charge < -0.3 is 14.6 Å². The van der Waals surface area contributed by atoms with Gasteiger partial charge in [-0.25, -0.2) is 9.78 Å². The second-order valence-electron chi connectivity index (χ2n) is 5.11. The Morgan fingerprint density at radius 2 is 2.00 bits per heavy atom. The van der Waals surface area contributed by atoms with Crippen LogP contribution in [0.25, 0.3) is 0 Å². The van der Waals surface area contributed by atoms with Crippen molar-refractivity contribution in [2.75, 3.05) is 0 Å². The van der Waals surface area contributed by atoms with E-state index in [-0.39, 0.29) is 23.9 Å². The molecule has 0 radical (unpaired) electrons. The van der Waals surface area contributed by atoms with Gasteiger partial charge in [-0.15, -0.1) is 0 Å². The quantitative estimate of drug-likeness (QED) is 0.909. The fourth-order valence-electron chi connectivity index (χ4n) is 2.43. The number of aromatic carboxylic acids is 1. The molecule has 0 bridgehead atoms. The van der Waals surface area contributed by atoms with Crippen molar-refractivity contribution in [2.24, 2.45) is 0 Å². The van der Waals surface area contributed by atoms with Gasteiger partial charge in [0.05, 0.1) is 17.8 Å². The maximum atomic E-state index is 11.0. The first-order valence-corrected chi connectivity index (χ1v) is 6.48. The SMILES string of the molecule is Cc1cc(C(=O)O)cc(OC2CC(C)OC(C)C2)n1. The number of nitrogens with zero attached hydrogens (tertiary/aromatic N) is 1. The lowest BCUT2D eigenvalue weighted by atomic mass is 10.0. The number of hydrogen-bond acceptors (Lipinski definition) is 4. The first-order chi connectivity index (χ1) is 8.94. The number of ether oxygens (including phenoxy) is 2. The summed E-state index contributed by atoms with van der Waals surface area (Å²) in [6, 6.07) is 3.00. The molecule has 5 heteroatoms. The molecule has 1 aliphatic heterocycles. The topological polar surface area (TPSA) is 68.7 Å². The van der Waals surface area contributed by atoms with Gasteiger partial charge in [0, 0.05) is 24.6 Å². The van der Waals surface area contributed by atoms with Crippen LogP contribution in [0.3, 0.4) is 0 Å². The van der Waals surface area contributed by atoms with E-state index in [2.05, 4.69) is 4.98 Å². The summed E-state index contributed by atoms with van der Waals surface area (Å²) in [5, 5.41) is 9.02. The Morgan fingerprint density at radius 3 is 2.58 bits per heavy atom. The minimum Gasteiger partial charge on any atom is -0.478 e. The molecule has 104 valence electrons. The zero-order chi connectivity index (χ0) is 14.0. The van der Waals surface area contributed by atoms with Crippen molar-refractivity contribution in [1.82, 2.24) is 4.98 Å². The van der Waals surface area contributed by atoms with E-state index in [4.69, 9.17) is 14.6 Å². The summed E-state index contributed by atoms with van der Waals surface area (Å²) in [5.74, 6) is -0.590. The Labute approximate surface area is 112 Å². The lowest BCUT2D eigenvalue weighted by Crippen LogP contribution is -2.35. The third kappa shape index (κ3) is 3.67. The number of carboxylic acids is 1. The maximum Gasteiger partial charge on any atom is 0.335 e. The van der Waals surface area contributed by atoms with E-state index < -0.39 is 5.97 Å². The fraction of sp³-hybridized carbons (Fsp3) is 0.571. The van der Waals surface area contributed by atoms with Crippen LogP contribution >= 0.6 is 0 Å². The molecule has 2 atom stereocenters. The smallest absolute Gasteiger partial charge is 0.335 e. The van der Waals surface area contributed by atoms with Gasteiger partial charge in [0.2, 0.25) is 5.88 Å². The van der Waals surface area contributed by atoms with Gasteiger partial charge in [0.1, 0.15) is 6.10 Å².